The molecule has 3 aromatic carbocycles. The molecule has 0 spiro atoms. The van der Waals surface area contributed by atoms with E-state index in [9.17, 15) is 13.2 Å². The predicted octanol–water partition coefficient (Wildman–Crippen LogP) is 4.11. The largest absolute Gasteiger partial charge is 0.376 e. The Morgan fingerprint density at radius 1 is 0.844 bits per heavy atom. The number of amides is 1. The van der Waals surface area contributed by atoms with Gasteiger partial charge in [0.1, 0.15) is 0 Å². The van der Waals surface area contributed by atoms with E-state index in [1.54, 1.807) is 24.3 Å². The summed E-state index contributed by atoms with van der Waals surface area (Å²) < 4.78 is 26.8. The summed E-state index contributed by atoms with van der Waals surface area (Å²) in [6, 6.07) is 24.4. The molecule has 3 aromatic rings. The van der Waals surface area contributed by atoms with Crippen molar-refractivity contribution in [3.8, 4) is 0 Å². The van der Waals surface area contributed by atoms with E-state index in [0.717, 1.165) is 30.5 Å². The molecule has 0 unspecified atom stereocenters. The molecule has 7 heteroatoms. The van der Waals surface area contributed by atoms with Crippen molar-refractivity contribution in [1.82, 2.24) is 4.31 Å². The number of para-hydroxylation sites is 1. The highest BCUT2D eigenvalue weighted by Crippen LogP contribution is 2.22. The van der Waals surface area contributed by atoms with E-state index >= 15 is 0 Å². The second kappa shape index (κ2) is 9.97. The third-order valence-electron chi connectivity index (χ3n) is 5.54. The van der Waals surface area contributed by atoms with Gasteiger partial charge in [-0.3, -0.25) is 4.79 Å². The average Bonchev–Trinajstić information content (AvgIpc) is 3.36. The van der Waals surface area contributed by atoms with E-state index in [1.807, 2.05) is 42.5 Å². The van der Waals surface area contributed by atoms with Gasteiger partial charge < -0.3 is 10.6 Å². The first kappa shape index (κ1) is 22.0. The Labute approximate surface area is 189 Å². The maximum absolute atomic E-state index is 12.6. The molecule has 1 aliphatic rings. The second-order valence-corrected chi connectivity index (χ2v) is 9.79. The van der Waals surface area contributed by atoms with Gasteiger partial charge in [0.15, 0.2) is 0 Å². The van der Waals surface area contributed by atoms with Crippen LogP contribution in [0.1, 0.15) is 24.0 Å². The molecule has 6 nitrogen and oxygen atoms in total. The van der Waals surface area contributed by atoms with Crippen molar-refractivity contribution in [2.24, 2.45) is 0 Å². The van der Waals surface area contributed by atoms with Crippen molar-refractivity contribution in [3.63, 3.8) is 0 Å². The quantitative estimate of drug-likeness (QED) is 0.542. The fourth-order valence-electron chi connectivity index (χ4n) is 3.81. The highest BCUT2D eigenvalue weighted by molar-refractivity contribution is 7.89. The molecule has 1 fully saturated rings. The van der Waals surface area contributed by atoms with Crippen molar-refractivity contribution < 1.29 is 13.2 Å². The zero-order chi connectivity index (χ0) is 22.4. The van der Waals surface area contributed by atoms with Crippen molar-refractivity contribution >= 4 is 27.3 Å². The van der Waals surface area contributed by atoms with Crippen LogP contribution in [0.4, 0.5) is 11.4 Å². The minimum absolute atomic E-state index is 0.0812. The van der Waals surface area contributed by atoms with E-state index < -0.39 is 10.0 Å². The van der Waals surface area contributed by atoms with Gasteiger partial charge in [-0.2, -0.15) is 4.31 Å². The second-order valence-electron chi connectivity index (χ2n) is 7.86. The predicted molar refractivity (Wildman–Crippen MR) is 127 cm³/mol. The minimum Gasteiger partial charge on any atom is -0.376 e. The van der Waals surface area contributed by atoms with E-state index in [-0.39, 0.29) is 17.3 Å². The lowest BCUT2D eigenvalue weighted by atomic mass is 10.0. The standard InChI is InChI=1S/C25H27N3O3S/c29-25(27-24-11-5-4-10-21(24)18-20-8-2-1-3-9-20)19-26-22-12-14-23(15-13-22)32(30,31)28-16-6-7-17-28/h1-5,8-15,26H,6-7,16-19H2,(H,27,29). The summed E-state index contributed by atoms with van der Waals surface area (Å²) in [5.41, 5.74) is 3.70. The first-order valence-electron chi connectivity index (χ1n) is 10.8. The third-order valence-corrected chi connectivity index (χ3v) is 7.45. The highest BCUT2D eigenvalue weighted by atomic mass is 32.2. The van der Waals surface area contributed by atoms with Gasteiger partial charge in [-0.05, 0) is 60.7 Å². The molecule has 0 aliphatic carbocycles. The van der Waals surface area contributed by atoms with E-state index in [0.29, 0.717) is 18.8 Å². The number of rotatable bonds is 8. The molecule has 1 amide bonds. The van der Waals surface area contributed by atoms with Crippen LogP contribution in [0.25, 0.3) is 0 Å². The Bertz CT molecular complexity index is 1160. The van der Waals surface area contributed by atoms with Gasteiger partial charge in [0.05, 0.1) is 11.4 Å². The smallest absolute Gasteiger partial charge is 0.243 e. The van der Waals surface area contributed by atoms with Crippen LogP contribution in [-0.4, -0.2) is 38.3 Å². The number of nitrogens with one attached hydrogen (secondary N) is 2. The zero-order valence-corrected chi connectivity index (χ0v) is 18.6. The Balaban J connectivity index is 1.35. The maximum Gasteiger partial charge on any atom is 0.243 e. The zero-order valence-electron chi connectivity index (χ0n) is 17.8. The van der Waals surface area contributed by atoms with Crippen LogP contribution in [0.15, 0.2) is 83.8 Å². The fourth-order valence-corrected chi connectivity index (χ4v) is 5.33. The molecular formula is C25H27N3O3S. The summed E-state index contributed by atoms with van der Waals surface area (Å²) in [6.45, 7) is 1.24. The van der Waals surface area contributed by atoms with E-state index in [2.05, 4.69) is 22.8 Å². The number of carbonyl (C=O) groups excluding carboxylic acids is 1. The molecule has 32 heavy (non-hydrogen) atoms. The number of anilines is 2. The van der Waals surface area contributed by atoms with Gasteiger partial charge in [0.2, 0.25) is 15.9 Å². The van der Waals surface area contributed by atoms with Crippen molar-refractivity contribution in [3.05, 3.63) is 90.0 Å². The molecule has 0 aromatic heterocycles. The normalized spacial score (nSPS) is 14.2. The molecule has 1 saturated heterocycles. The molecule has 1 heterocycles. The van der Waals surface area contributed by atoms with Gasteiger partial charge in [0.25, 0.3) is 0 Å². The molecular weight excluding hydrogens is 422 g/mol. The number of hydrogen-bond acceptors (Lipinski definition) is 4. The Morgan fingerprint density at radius 2 is 1.50 bits per heavy atom. The van der Waals surface area contributed by atoms with E-state index in [1.165, 1.54) is 9.87 Å². The van der Waals surface area contributed by atoms with Gasteiger partial charge in [-0.15, -0.1) is 0 Å². The van der Waals surface area contributed by atoms with Crippen molar-refractivity contribution in [1.29, 1.82) is 0 Å². The molecule has 0 atom stereocenters. The summed E-state index contributed by atoms with van der Waals surface area (Å²) in [6.07, 6.45) is 2.54. The van der Waals surface area contributed by atoms with E-state index in [4.69, 9.17) is 0 Å². The van der Waals surface area contributed by atoms with Gasteiger partial charge in [-0.1, -0.05) is 48.5 Å². The number of benzene rings is 3. The average molecular weight is 450 g/mol. The van der Waals surface area contributed by atoms with Gasteiger partial charge in [0, 0.05) is 24.5 Å². The molecule has 0 saturated carbocycles. The summed E-state index contributed by atoms with van der Waals surface area (Å²) in [5, 5.41) is 6.03. The summed E-state index contributed by atoms with van der Waals surface area (Å²) >= 11 is 0. The lowest BCUT2D eigenvalue weighted by Gasteiger charge is -2.16. The van der Waals surface area contributed by atoms with Gasteiger partial charge in [-0.25, -0.2) is 8.42 Å². The summed E-state index contributed by atoms with van der Waals surface area (Å²) in [7, 11) is -3.43. The third kappa shape index (κ3) is 5.36. The van der Waals surface area contributed by atoms with Crippen LogP contribution in [0.3, 0.4) is 0 Å². The van der Waals surface area contributed by atoms with Crippen LogP contribution in [0, 0.1) is 0 Å². The highest BCUT2D eigenvalue weighted by Gasteiger charge is 2.26. The monoisotopic (exact) mass is 449 g/mol. The lowest BCUT2D eigenvalue weighted by Crippen LogP contribution is -2.27. The minimum atomic E-state index is -3.43. The first-order valence-corrected chi connectivity index (χ1v) is 12.2. The van der Waals surface area contributed by atoms with Crippen LogP contribution in [0.2, 0.25) is 0 Å². The van der Waals surface area contributed by atoms with Crippen LogP contribution in [-0.2, 0) is 21.2 Å². The number of carbonyl (C=O) groups is 1. The molecule has 0 radical (unpaired) electrons. The molecule has 2 N–H and O–H groups in total. The SMILES string of the molecule is O=C(CNc1ccc(S(=O)(=O)N2CCCC2)cc1)Nc1ccccc1Cc1ccccc1. The Kier molecular flexibility index (Phi) is 6.87. The van der Waals surface area contributed by atoms with Gasteiger partial charge >= 0.3 is 0 Å². The first-order chi connectivity index (χ1) is 15.5. The van der Waals surface area contributed by atoms with Crippen LogP contribution in [0.5, 0.6) is 0 Å². The molecule has 1 aliphatic heterocycles. The number of hydrogen-bond donors (Lipinski definition) is 2. The summed E-state index contributed by atoms with van der Waals surface area (Å²) in [5.74, 6) is -0.167. The Hall–Kier alpha value is -3.16. The molecule has 4 rings (SSSR count). The maximum atomic E-state index is 12.6. The van der Waals surface area contributed by atoms with Crippen molar-refractivity contribution in [2.45, 2.75) is 24.2 Å². The number of nitrogens with zero attached hydrogens (tertiary/aromatic N) is 1. The molecule has 0 bridgehead atoms. The van der Waals surface area contributed by atoms with Crippen LogP contribution < -0.4 is 10.6 Å². The topological polar surface area (TPSA) is 78.5 Å². The Morgan fingerprint density at radius 3 is 2.22 bits per heavy atom. The summed E-state index contributed by atoms with van der Waals surface area (Å²) in [4.78, 5) is 12.8. The number of sulfonamides is 1. The fraction of sp³-hybridized carbons (Fsp3) is 0.240. The van der Waals surface area contributed by atoms with Crippen molar-refractivity contribution in [2.75, 3.05) is 30.3 Å². The molecule has 166 valence electrons. The van der Waals surface area contributed by atoms with Crippen LogP contribution >= 0.6 is 0 Å². The lowest BCUT2D eigenvalue weighted by molar-refractivity contribution is -0.114.